The molecular formula is C18H19N5O4. The van der Waals surface area contributed by atoms with Crippen LogP contribution < -0.4 is 10.6 Å². The number of non-ortho nitro benzene ring substituents is 1. The maximum atomic E-state index is 12.5. The van der Waals surface area contributed by atoms with Crippen LogP contribution in [0.1, 0.15) is 27.3 Å². The Kier molecular flexibility index (Phi) is 5.30. The molecule has 1 aliphatic heterocycles. The van der Waals surface area contributed by atoms with Gasteiger partial charge in [-0.25, -0.2) is 0 Å². The van der Waals surface area contributed by atoms with Gasteiger partial charge in [-0.05, 0) is 24.6 Å². The lowest BCUT2D eigenvalue weighted by Gasteiger charge is -2.18. The SMILES string of the molecule is CNC(=O)c1cc([N+](=O)[O-])ccc1NC1CCN(C(=O)c2ccccn2)C1. The Morgan fingerprint density at radius 3 is 2.78 bits per heavy atom. The predicted octanol–water partition coefficient (Wildman–Crippen LogP) is 1.68. The van der Waals surface area contributed by atoms with Crippen molar-refractivity contribution in [2.24, 2.45) is 0 Å². The number of nitro groups is 1. The lowest BCUT2D eigenvalue weighted by molar-refractivity contribution is -0.384. The van der Waals surface area contributed by atoms with Crippen molar-refractivity contribution in [3.8, 4) is 0 Å². The Morgan fingerprint density at radius 1 is 1.30 bits per heavy atom. The van der Waals surface area contributed by atoms with Crippen LogP contribution in [0.2, 0.25) is 0 Å². The molecule has 1 aromatic carbocycles. The average Bonchev–Trinajstić information content (AvgIpc) is 3.16. The fraction of sp³-hybridized carbons (Fsp3) is 0.278. The second kappa shape index (κ2) is 7.81. The minimum absolute atomic E-state index is 0.0671. The number of carbonyl (C=O) groups is 2. The third kappa shape index (κ3) is 4.02. The standard InChI is InChI=1S/C18H19N5O4/c1-19-17(24)14-10-13(23(26)27)5-6-15(14)21-12-7-9-22(11-12)18(25)16-4-2-3-8-20-16/h2-6,8,10,12,21H,7,9,11H2,1H3,(H,19,24). The largest absolute Gasteiger partial charge is 0.380 e. The molecule has 3 rings (SSSR count). The van der Waals surface area contributed by atoms with Crippen molar-refractivity contribution in [2.45, 2.75) is 12.5 Å². The Balaban J connectivity index is 1.73. The molecule has 1 atom stereocenters. The average molecular weight is 369 g/mol. The van der Waals surface area contributed by atoms with Crippen molar-refractivity contribution >= 4 is 23.2 Å². The second-order valence-electron chi connectivity index (χ2n) is 6.16. The number of carbonyl (C=O) groups excluding carboxylic acids is 2. The smallest absolute Gasteiger partial charge is 0.272 e. The summed E-state index contributed by atoms with van der Waals surface area (Å²) >= 11 is 0. The molecule has 1 aromatic heterocycles. The summed E-state index contributed by atoms with van der Waals surface area (Å²) in [5, 5.41) is 16.7. The van der Waals surface area contributed by atoms with E-state index in [0.717, 1.165) is 0 Å². The summed E-state index contributed by atoms with van der Waals surface area (Å²) < 4.78 is 0. The van der Waals surface area contributed by atoms with Crippen molar-refractivity contribution in [2.75, 3.05) is 25.5 Å². The zero-order valence-electron chi connectivity index (χ0n) is 14.7. The quantitative estimate of drug-likeness (QED) is 0.612. The Labute approximate surface area is 155 Å². The third-order valence-electron chi connectivity index (χ3n) is 4.40. The summed E-state index contributed by atoms with van der Waals surface area (Å²) in [6.45, 7) is 1.02. The van der Waals surface area contributed by atoms with E-state index in [4.69, 9.17) is 0 Å². The van der Waals surface area contributed by atoms with Gasteiger partial charge in [0, 0.05) is 50.2 Å². The van der Waals surface area contributed by atoms with Gasteiger partial charge >= 0.3 is 0 Å². The van der Waals surface area contributed by atoms with Crippen molar-refractivity contribution in [3.05, 3.63) is 64.0 Å². The minimum Gasteiger partial charge on any atom is -0.380 e. The van der Waals surface area contributed by atoms with Gasteiger partial charge in [-0.15, -0.1) is 0 Å². The highest BCUT2D eigenvalue weighted by Gasteiger charge is 2.28. The van der Waals surface area contributed by atoms with E-state index in [1.54, 1.807) is 29.3 Å². The number of anilines is 1. The lowest BCUT2D eigenvalue weighted by atomic mass is 10.1. The van der Waals surface area contributed by atoms with Crippen molar-refractivity contribution in [3.63, 3.8) is 0 Å². The Bertz CT molecular complexity index is 871. The van der Waals surface area contributed by atoms with Gasteiger partial charge < -0.3 is 15.5 Å². The summed E-state index contributed by atoms with van der Waals surface area (Å²) in [7, 11) is 1.47. The molecule has 9 nitrogen and oxygen atoms in total. The molecule has 2 heterocycles. The van der Waals surface area contributed by atoms with Crippen LogP contribution >= 0.6 is 0 Å². The van der Waals surface area contributed by atoms with Crippen LogP contribution in [0.15, 0.2) is 42.6 Å². The number of nitrogens with one attached hydrogen (secondary N) is 2. The summed E-state index contributed by atoms with van der Waals surface area (Å²) in [4.78, 5) is 40.8. The van der Waals surface area contributed by atoms with Crippen LogP contribution in [0.4, 0.5) is 11.4 Å². The van der Waals surface area contributed by atoms with Gasteiger partial charge in [-0.2, -0.15) is 0 Å². The van der Waals surface area contributed by atoms with E-state index in [1.807, 2.05) is 0 Å². The number of aromatic nitrogens is 1. The molecule has 9 heteroatoms. The molecule has 2 N–H and O–H groups in total. The number of hydrogen-bond acceptors (Lipinski definition) is 6. The summed E-state index contributed by atoms with van der Waals surface area (Å²) in [6.07, 6.45) is 2.27. The molecule has 2 aromatic rings. The molecular weight excluding hydrogens is 350 g/mol. The first-order chi connectivity index (χ1) is 13.0. The monoisotopic (exact) mass is 369 g/mol. The molecule has 140 valence electrons. The zero-order valence-corrected chi connectivity index (χ0v) is 14.7. The van der Waals surface area contributed by atoms with Crippen molar-refractivity contribution in [1.82, 2.24) is 15.2 Å². The molecule has 1 unspecified atom stereocenters. The van der Waals surface area contributed by atoms with Gasteiger partial charge in [0.15, 0.2) is 0 Å². The van der Waals surface area contributed by atoms with Gasteiger partial charge in [0.1, 0.15) is 5.69 Å². The van der Waals surface area contributed by atoms with Gasteiger partial charge in [0.05, 0.1) is 10.5 Å². The minimum atomic E-state index is -0.543. The van der Waals surface area contributed by atoms with E-state index in [1.165, 1.54) is 25.2 Å². The fourth-order valence-corrected chi connectivity index (χ4v) is 3.03. The van der Waals surface area contributed by atoms with Crippen LogP contribution in [-0.2, 0) is 0 Å². The van der Waals surface area contributed by atoms with E-state index in [0.29, 0.717) is 30.9 Å². The lowest BCUT2D eigenvalue weighted by Crippen LogP contribution is -2.32. The molecule has 2 amide bonds. The van der Waals surface area contributed by atoms with E-state index in [2.05, 4.69) is 15.6 Å². The molecule has 0 aliphatic carbocycles. The summed E-state index contributed by atoms with van der Waals surface area (Å²) in [5.74, 6) is -0.560. The first-order valence-electron chi connectivity index (χ1n) is 8.47. The molecule has 0 spiro atoms. The number of hydrogen-bond donors (Lipinski definition) is 2. The third-order valence-corrected chi connectivity index (χ3v) is 4.40. The Morgan fingerprint density at radius 2 is 2.11 bits per heavy atom. The molecule has 27 heavy (non-hydrogen) atoms. The number of pyridine rings is 1. The molecule has 1 saturated heterocycles. The van der Waals surface area contributed by atoms with Crippen molar-refractivity contribution in [1.29, 1.82) is 0 Å². The molecule has 1 fully saturated rings. The molecule has 0 bridgehead atoms. The molecule has 0 radical (unpaired) electrons. The number of nitrogens with zero attached hydrogens (tertiary/aromatic N) is 3. The zero-order chi connectivity index (χ0) is 19.4. The topological polar surface area (TPSA) is 117 Å². The normalized spacial score (nSPS) is 16.0. The number of amides is 2. The van der Waals surface area contributed by atoms with Crippen LogP contribution in [-0.4, -0.2) is 52.8 Å². The van der Waals surface area contributed by atoms with Gasteiger partial charge in [-0.3, -0.25) is 24.7 Å². The number of benzene rings is 1. The highest BCUT2D eigenvalue weighted by Crippen LogP contribution is 2.25. The van der Waals surface area contributed by atoms with Crippen LogP contribution in [0.3, 0.4) is 0 Å². The van der Waals surface area contributed by atoms with Crippen LogP contribution in [0, 0.1) is 10.1 Å². The van der Waals surface area contributed by atoms with E-state index in [-0.39, 0.29) is 23.2 Å². The van der Waals surface area contributed by atoms with Crippen LogP contribution in [0.25, 0.3) is 0 Å². The first-order valence-corrected chi connectivity index (χ1v) is 8.47. The number of rotatable bonds is 5. The van der Waals surface area contributed by atoms with Gasteiger partial charge in [0.2, 0.25) is 0 Å². The highest BCUT2D eigenvalue weighted by molar-refractivity contribution is 6.00. The molecule has 0 saturated carbocycles. The highest BCUT2D eigenvalue weighted by atomic mass is 16.6. The van der Waals surface area contributed by atoms with Gasteiger partial charge in [0.25, 0.3) is 17.5 Å². The van der Waals surface area contributed by atoms with Crippen molar-refractivity contribution < 1.29 is 14.5 Å². The second-order valence-corrected chi connectivity index (χ2v) is 6.16. The summed E-state index contributed by atoms with van der Waals surface area (Å²) in [6, 6.07) is 9.23. The predicted molar refractivity (Wildman–Crippen MR) is 98.7 cm³/mol. The first kappa shape index (κ1) is 18.3. The number of likely N-dealkylation sites (tertiary alicyclic amines) is 1. The fourth-order valence-electron chi connectivity index (χ4n) is 3.03. The van der Waals surface area contributed by atoms with E-state index >= 15 is 0 Å². The van der Waals surface area contributed by atoms with E-state index < -0.39 is 10.8 Å². The summed E-state index contributed by atoms with van der Waals surface area (Å²) in [5.41, 5.74) is 0.926. The van der Waals surface area contributed by atoms with E-state index in [9.17, 15) is 19.7 Å². The molecule has 1 aliphatic rings. The van der Waals surface area contributed by atoms with Gasteiger partial charge in [-0.1, -0.05) is 6.07 Å². The Hall–Kier alpha value is -3.49. The number of nitro benzene ring substituents is 1. The van der Waals surface area contributed by atoms with Crippen LogP contribution in [0.5, 0.6) is 0 Å². The maximum Gasteiger partial charge on any atom is 0.272 e. The maximum absolute atomic E-state index is 12.5.